The van der Waals surface area contributed by atoms with E-state index in [1.807, 2.05) is 12.1 Å². The second-order valence-electron chi connectivity index (χ2n) is 5.17. The summed E-state index contributed by atoms with van der Waals surface area (Å²) < 4.78 is 0. The molecule has 0 spiro atoms. The third-order valence-corrected chi connectivity index (χ3v) is 7.04. The molecule has 0 aliphatic heterocycles. The summed E-state index contributed by atoms with van der Waals surface area (Å²) in [7, 11) is -1.66. The van der Waals surface area contributed by atoms with Crippen LogP contribution in [0, 0.1) is 18.6 Å². The summed E-state index contributed by atoms with van der Waals surface area (Å²) >= 11 is 0. The Balaban J connectivity index is 2.31. The Morgan fingerprint density at radius 1 is 0.636 bits per heavy atom. The molecule has 0 unspecified atom stereocenters. The Hall–Kier alpha value is -2.43. The summed E-state index contributed by atoms with van der Waals surface area (Å²) in [4.78, 5) is 3.61. The first kappa shape index (κ1) is 14.5. The van der Waals surface area contributed by atoms with Gasteiger partial charge in [0.15, 0.2) is 0 Å². The van der Waals surface area contributed by atoms with Crippen LogP contribution in [-0.2, 0) is 0 Å². The molecule has 0 nitrogen and oxygen atoms in total. The molecule has 0 N–H and O–H groups in total. The van der Waals surface area contributed by atoms with Gasteiger partial charge in [0.2, 0.25) is 0 Å². The molecule has 3 aromatic rings. The molecule has 0 radical (unpaired) electrons. The molecule has 0 heterocycles. The van der Waals surface area contributed by atoms with Gasteiger partial charge in [-0.2, -0.15) is 0 Å². The lowest BCUT2D eigenvalue weighted by Crippen LogP contribution is -2.01. The Morgan fingerprint density at radius 2 is 1.05 bits per heavy atom. The number of aryl methyl sites for hydroxylation is 1. The molecule has 0 aliphatic rings. The Kier molecular flexibility index (Phi) is 4.04. The zero-order valence-corrected chi connectivity index (χ0v) is 13.4. The van der Waals surface area contributed by atoms with Gasteiger partial charge in [-0.15, -0.1) is 6.42 Å². The third kappa shape index (κ3) is 2.43. The average molecular weight is 302 g/mol. The molecular formula is C21H18S. The highest BCUT2D eigenvalue weighted by molar-refractivity contribution is 8.37. The van der Waals surface area contributed by atoms with Crippen LogP contribution in [0.15, 0.2) is 99.6 Å². The van der Waals surface area contributed by atoms with E-state index in [4.69, 9.17) is 6.42 Å². The van der Waals surface area contributed by atoms with Crippen molar-refractivity contribution < 1.29 is 0 Å². The van der Waals surface area contributed by atoms with Crippen LogP contribution in [0.1, 0.15) is 5.56 Å². The van der Waals surface area contributed by atoms with Crippen molar-refractivity contribution in [1.29, 1.82) is 0 Å². The van der Waals surface area contributed by atoms with E-state index >= 15 is 0 Å². The summed E-state index contributed by atoms with van der Waals surface area (Å²) in [6.45, 7) is 2.10. The molecule has 0 aliphatic carbocycles. The van der Waals surface area contributed by atoms with Crippen LogP contribution in [-0.4, -0.2) is 0 Å². The predicted molar refractivity (Wildman–Crippen MR) is 95.3 cm³/mol. The van der Waals surface area contributed by atoms with Gasteiger partial charge in [0.25, 0.3) is 0 Å². The highest BCUT2D eigenvalue weighted by Crippen LogP contribution is 2.67. The van der Waals surface area contributed by atoms with Gasteiger partial charge in [0.05, 0.1) is 0 Å². The van der Waals surface area contributed by atoms with Gasteiger partial charge in [0.1, 0.15) is 0 Å². The van der Waals surface area contributed by atoms with Crippen molar-refractivity contribution in [3.05, 3.63) is 90.5 Å². The fourth-order valence-corrected chi connectivity index (χ4v) is 5.50. The minimum atomic E-state index is -1.66. The Bertz CT molecular complexity index is 741. The normalized spacial score (nSPS) is 11.6. The number of rotatable bonds is 3. The molecular weight excluding hydrogens is 284 g/mol. The van der Waals surface area contributed by atoms with Gasteiger partial charge in [-0.1, -0.05) is 64.1 Å². The number of hydrogen-bond donors (Lipinski definition) is 0. The van der Waals surface area contributed by atoms with Crippen LogP contribution in [0.4, 0.5) is 0 Å². The molecule has 22 heavy (non-hydrogen) atoms. The van der Waals surface area contributed by atoms with Crippen LogP contribution in [0.3, 0.4) is 0 Å². The molecule has 0 bridgehead atoms. The summed E-state index contributed by atoms with van der Waals surface area (Å²) in [5.41, 5.74) is 1.25. The van der Waals surface area contributed by atoms with Crippen molar-refractivity contribution in [2.75, 3.05) is 0 Å². The van der Waals surface area contributed by atoms with Crippen LogP contribution < -0.4 is 0 Å². The maximum atomic E-state index is 6.13. The van der Waals surface area contributed by atoms with Crippen LogP contribution in [0.2, 0.25) is 0 Å². The van der Waals surface area contributed by atoms with Crippen molar-refractivity contribution in [3.8, 4) is 11.7 Å². The topological polar surface area (TPSA) is 0 Å². The van der Waals surface area contributed by atoms with E-state index in [1.54, 1.807) is 0 Å². The van der Waals surface area contributed by atoms with E-state index in [2.05, 4.69) is 85.0 Å². The second-order valence-corrected chi connectivity index (χ2v) is 8.04. The standard InChI is InChI=1S/C21H18S/c1-3-22(19-10-6-4-7-11-19,20-12-8-5-9-13-20)21-16-14-18(2)15-17-21/h1,4-17H,2H3. The summed E-state index contributed by atoms with van der Waals surface area (Å²) in [5, 5.41) is 3.17. The summed E-state index contributed by atoms with van der Waals surface area (Å²) in [6.07, 6.45) is 6.13. The van der Waals surface area contributed by atoms with Crippen LogP contribution in [0.5, 0.6) is 0 Å². The van der Waals surface area contributed by atoms with Crippen molar-refractivity contribution in [2.24, 2.45) is 0 Å². The molecule has 0 fully saturated rings. The second kappa shape index (κ2) is 6.13. The van der Waals surface area contributed by atoms with Gasteiger partial charge < -0.3 is 0 Å². The smallest absolute Gasteiger partial charge is 0.00910 e. The van der Waals surface area contributed by atoms with Gasteiger partial charge in [0, 0.05) is 14.7 Å². The first-order chi connectivity index (χ1) is 10.8. The molecule has 1 heteroatoms. The lowest BCUT2D eigenvalue weighted by molar-refractivity contribution is 1.29. The zero-order chi connectivity index (χ0) is 15.4. The number of benzene rings is 3. The molecule has 0 saturated carbocycles. The fourth-order valence-electron chi connectivity index (χ4n) is 2.60. The maximum absolute atomic E-state index is 6.13. The number of terminal acetylenes is 1. The SMILES string of the molecule is C#CS(c1ccccc1)(c1ccccc1)c1ccc(C)cc1. The van der Waals surface area contributed by atoms with Gasteiger partial charge >= 0.3 is 0 Å². The lowest BCUT2D eigenvalue weighted by atomic mass is 10.2. The fraction of sp³-hybridized carbons (Fsp3) is 0.0476. The maximum Gasteiger partial charge on any atom is 0.00910 e. The van der Waals surface area contributed by atoms with Gasteiger partial charge in [-0.25, -0.2) is 0 Å². The molecule has 3 rings (SSSR count). The van der Waals surface area contributed by atoms with Crippen LogP contribution >= 0.6 is 10.0 Å². The van der Waals surface area contributed by atoms with E-state index in [0.29, 0.717) is 0 Å². The van der Waals surface area contributed by atoms with E-state index < -0.39 is 10.0 Å². The number of hydrogen-bond acceptors (Lipinski definition) is 0. The predicted octanol–water partition coefficient (Wildman–Crippen LogP) is 5.87. The quantitative estimate of drug-likeness (QED) is 0.531. The van der Waals surface area contributed by atoms with Gasteiger partial charge in [-0.3, -0.25) is 0 Å². The molecule has 0 saturated heterocycles. The van der Waals surface area contributed by atoms with Crippen molar-refractivity contribution in [2.45, 2.75) is 21.6 Å². The Labute approximate surface area is 134 Å². The molecule has 108 valence electrons. The zero-order valence-electron chi connectivity index (χ0n) is 12.6. The Morgan fingerprint density at radius 3 is 1.45 bits per heavy atom. The van der Waals surface area contributed by atoms with Crippen molar-refractivity contribution >= 4 is 10.0 Å². The van der Waals surface area contributed by atoms with E-state index in [0.717, 1.165) is 0 Å². The average Bonchev–Trinajstić information content (AvgIpc) is 2.59. The third-order valence-electron chi connectivity index (χ3n) is 3.74. The summed E-state index contributed by atoms with van der Waals surface area (Å²) in [6, 6.07) is 29.5. The minimum Gasteiger partial charge on any atom is -0.109 e. The monoisotopic (exact) mass is 302 g/mol. The van der Waals surface area contributed by atoms with E-state index in [1.165, 1.54) is 20.2 Å². The molecule has 0 aromatic heterocycles. The highest BCUT2D eigenvalue weighted by Gasteiger charge is 2.28. The minimum absolute atomic E-state index is 1.20. The van der Waals surface area contributed by atoms with Crippen LogP contribution in [0.25, 0.3) is 0 Å². The lowest BCUT2D eigenvalue weighted by Gasteiger charge is -2.36. The largest absolute Gasteiger partial charge is 0.109 e. The summed E-state index contributed by atoms with van der Waals surface area (Å²) in [5.74, 6) is 0. The van der Waals surface area contributed by atoms with E-state index in [9.17, 15) is 0 Å². The van der Waals surface area contributed by atoms with Crippen molar-refractivity contribution in [3.63, 3.8) is 0 Å². The highest BCUT2D eigenvalue weighted by atomic mass is 32.3. The first-order valence-corrected chi connectivity index (χ1v) is 8.88. The van der Waals surface area contributed by atoms with Crippen molar-refractivity contribution in [1.82, 2.24) is 0 Å². The van der Waals surface area contributed by atoms with E-state index in [-0.39, 0.29) is 0 Å². The van der Waals surface area contributed by atoms with Gasteiger partial charge in [-0.05, 0) is 48.6 Å². The molecule has 0 atom stereocenters. The first-order valence-electron chi connectivity index (χ1n) is 7.25. The molecule has 0 amide bonds. The molecule has 3 aromatic carbocycles.